The van der Waals surface area contributed by atoms with Crippen LogP contribution in [0.1, 0.15) is 50.9 Å². The summed E-state index contributed by atoms with van der Waals surface area (Å²) in [4.78, 5) is 0. The molecule has 0 amide bonds. The zero-order valence-corrected chi connectivity index (χ0v) is 12.7. The highest BCUT2D eigenvalue weighted by Gasteiger charge is 2.08. The minimum Gasteiger partial charge on any atom is -0.313 e. The summed E-state index contributed by atoms with van der Waals surface area (Å²) in [5, 5.41) is 12.3. The van der Waals surface area contributed by atoms with Crippen LogP contribution in [0.5, 0.6) is 0 Å². The Bertz CT molecular complexity index is 510. The summed E-state index contributed by atoms with van der Waals surface area (Å²) in [7, 11) is 0. The fraction of sp³-hybridized carbons (Fsp3) is 0.600. The minimum atomic E-state index is 0.505. The Morgan fingerprint density at radius 3 is 2.75 bits per heavy atom. The number of nitrogens with zero attached hydrogens (tertiary/aromatic N) is 4. The molecule has 0 saturated heterocycles. The maximum atomic E-state index is 4.66. The second-order valence-electron chi connectivity index (χ2n) is 5.08. The van der Waals surface area contributed by atoms with Crippen LogP contribution in [0.25, 0.3) is 0 Å². The zero-order valence-electron chi connectivity index (χ0n) is 12.7. The van der Waals surface area contributed by atoms with E-state index in [4.69, 9.17) is 0 Å². The highest BCUT2D eigenvalue weighted by molar-refractivity contribution is 5.06. The molecule has 5 heteroatoms. The minimum absolute atomic E-state index is 0.505. The van der Waals surface area contributed by atoms with E-state index in [9.17, 15) is 0 Å². The van der Waals surface area contributed by atoms with E-state index >= 15 is 0 Å². The van der Waals surface area contributed by atoms with Gasteiger partial charge in [-0.3, -0.25) is 9.36 Å². The Balaban J connectivity index is 1.97. The van der Waals surface area contributed by atoms with Crippen LogP contribution in [-0.4, -0.2) is 26.1 Å². The van der Waals surface area contributed by atoms with Gasteiger partial charge in [-0.1, -0.05) is 20.8 Å². The van der Waals surface area contributed by atoms with E-state index in [1.165, 1.54) is 5.56 Å². The van der Waals surface area contributed by atoms with E-state index in [1.54, 1.807) is 0 Å². The number of nitrogens with one attached hydrogen (secondary N) is 1. The molecule has 110 valence electrons. The molecule has 0 bridgehead atoms. The fourth-order valence-electron chi connectivity index (χ4n) is 2.35. The van der Waals surface area contributed by atoms with Crippen molar-refractivity contribution >= 4 is 0 Å². The maximum Gasteiger partial charge on any atom is 0.0849 e. The summed E-state index contributed by atoms with van der Waals surface area (Å²) in [6, 6.07) is 2.59. The Labute approximate surface area is 121 Å². The molecule has 5 nitrogen and oxygen atoms in total. The number of rotatable bonds is 8. The molecular weight excluding hydrogens is 250 g/mol. The molecule has 1 N–H and O–H groups in total. The molecule has 0 aliphatic carbocycles. The van der Waals surface area contributed by atoms with Crippen molar-refractivity contribution in [1.82, 2.24) is 24.9 Å². The van der Waals surface area contributed by atoms with Crippen molar-refractivity contribution in [2.75, 3.05) is 6.54 Å². The summed E-state index contributed by atoms with van der Waals surface area (Å²) in [6.45, 7) is 9.10. The molecule has 0 aliphatic rings. The number of aromatic nitrogens is 4. The van der Waals surface area contributed by atoms with Crippen molar-refractivity contribution in [2.45, 2.75) is 52.7 Å². The first-order valence-corrected chi connectivity index (χ1v) is 7.52. The predicted octanol–water partition coefficient (Wildman–Crippen LogP) is 2.60. The zero-order chi connectivity index (χ0) is 14.4. The smallest absolute Gasteiger partial charge is 0.0849 e. The Morgan fingerprint density at radius 1 is 1.25 bits per heavy atom. The summed E-state index contributed by atoms with van der Waals surface area (Å²) >= 11 is 0. The summed E-state index contributed by atoms with van der Waals surface area (Å²) in [5.74, 6) is 0. The van der Waals surface area contributed by atoms with E-state index in [2.05, 4.69) is 59.4 Å². The van der Waals surface area contributed by atoms with Gasteiger partial charge in [0.25, 0.3) is 0 Å². The molecule has 0 aromatic carbocycles. The van der Waals surface area contributed by atoms with E-state index in [1.807, 2.05) is 10.9 Å². The molecule has 0 aliphatic heterocycles. The third kappa shape index (κ3) is 3.70. The van der Waals surface area contributed by atoms with Gasteiger partial charge in [-0.2, -0.15) is 10.2 Å². The highest BCUT2D eigenvalue weighted by Crippen LogP contribution is 2.14. The maximum absolute atomic E-state index is 4.66. The highest BCUT2D eigenvalue weighted by atomic mass is 15.3. The van der Waals surface area contributed by atoms with Crippen molar-refractivity contribution in [3.63, 3.8) is 0 Å². The van der Waals surface area contributed by atoms with Gasteiger partial charge >= 0.3 is 0 Å². The van der Waals surface area contributed by atoms with Gasteiger partial charge in [-0.25, -0.2) is 0 Å². The normalized spacial score (nSPS) is 11.4. The summed E-state index contributed by atoms with van der Waals surface area (Å²) in [5.41, 5.74) is 2.28. The van der Waals surface area contributed by atoms with Crippen molar-refractivity contribution in [3.05, 3.63) is 35.9 Å². The van der Waals surface area contributed by atoms with Crippen molar-refractivity contribution in [2.24, 2.45) is 0 Å². The van der Waals surface area contributed by atoms with E-state index in [-0.39, 0.29) is 0 Å². The number of hydrogen-bond acceptors (Lipinski definition) is 3. The van der Waals surface area contributed by atoms with Gasteiger partial charge in [-0.05, 0) is 25.5 Å². The van der Waals surface area contributed by atoms with E-state index in [0.29, 0.717) is 6.04 Å². The van der Waals surface area contributed by atoms with Gasteiger partial charge in [0.2, 0.25) is 0 Å². The van der Waals surface area contributed by atoms with Crippen LogP contribution in [0.3, 0.4) is 0 Å². The lowest BCUT2D eigenvalue weighted by molar-refractivity contribution is 0.424. The lowest BCUT2D eigenvalue weighted by Crippen LogP contribution is -2.11. The van der Waals surface area contributed by atoms with Crippen LogP contribution in [0, 0.1) is 0 Å². The van der Waals surface area contributed by atoms with Crippen LogP contribution in [0.4, 0.5) is 0 Å². The largest absolute Gasteiger partial charge is 0.313 e. The Hall–Kier alpha value is -1.62. The van der Waals surface area contributed by atoms with Crippen LogP contribution in [-0.2, 0) is 13.1 Å². The van der Waals surface area contributed by atoms with Gasteiger partial charge in [0.15, 0.2) is 0 Å². The predicted molar refractivity (Wildman–Crippen MR) is 80.6 cm³/mol. The monoisotopic (exact) mass is 275 g/mol. The van der Waals surface area contributed by atoms with Crippen LogP contribution >= 0.6 is 0 Å². The second kappa shape index (κ2) is 7.24. The molecule has 2 aromatic rings. The van der Waals surface area contributed by atoms with Gasteiger partial charge in [0.05, 0.1) is 24.5 Å². The van der Waals surface area contributed by atoms with Gasteiger partial charge < -0.3 is 5.32 Å². The molecule has 2 heterocycles. The SMILES string of the molecule is CCNCc1cnn(Cc2ccn(C(CC)CC)n2)c1. The molecule has 20 heavy (non-hydrogen) atoms. The van der Waals surface area contributed by atoms with E-state index < -0.39 is 0 Å². The molecular formula is C15H25N5. The summed E-state index contributed by atoms with van der Waals surface area (Å²) in [6.07, 6.45) is 8.31. The van der Waals surface area contributed by atoms with Gasteiger partial charge in [0, 0.05) is 24.5 Å². The quantitative estimate of drug-likeness (QED) is 0.805. The van der Waals surface area contributed by atoms with Crippen LogP contribution < -0.4 is 5.32 Å². The van der Waals surface area contributed by atoms with Crippen molar-refractivity contribution < 1.29 is 0 Å². The van der Waals surface area contributed by atoms with Gasteiger partial charge in [-0.15, -0.1) is 0 Å². The van der Waals surface area contributed by atoms with Crippen LogP contribution in [0.2, 0.25) is 0 Å². The lowest BCUT2D eigenvalue weighted by Gasteiger charge is -2.12. The molecule has 2 rings (SSSR count). The third-order valence-corrected chi connectivity index (χ3v) is 3.57. The third-order valence-electron chi connectivity index (χ3n) is 3.57. The van der Waals surface area contributed by atoms with Gasteiger partial charge in [0.1, 0.15) is 0 Å². The average molecular weight is 275 g/mol. The molecule has 0 spiro atoms. The Kier molecular flexibility index (Phi) is 5.35. The fourth-order valence-corrected chi connectivity index (χ4v) is 2.35. The molecule has 0 saturated carbocycles. The first-order valence-electron chi connectivity index (χ1n) is 7.52. The molecule has 2 aromatic heterocycles. The topological polar surface area (TPSA) is 47.7 Å². The average Bonchev–Trinajstić information content (AvgIpc) is 3.08. The first-order chi connectivity index (χ1) is 9.76. The second-order valence-corrected chi connectivity index (χ2v) is 5.08. The van der Waals surface area contributed by atoms with Crippen molar-refractivity contribution in [3.8, 4) is 0 Å². The Morgan fingerprint density at radius 2 is 2.05 bits per heavy atom. The molecule has 0 unspecified atom stereocenters. The first kappa shape index (κ1) is 14.8. The lowest BCUT2D eigenvalue weighted by atomic mass is 10.2. The summed E-state index contributed by atoms with van der Waals surface area (Å²) < 4.78 is 4.03. The van der Waals surface area contributed by atoms with Crippen molar-refractivity contribution in [1.29, 1.82) is 0 Å². The van der Waals surface area contributed by atoms with E-state index in [0.717, 1.165) is 38.2 Å². The molecule has 0 radical (unpaired) electrons. The molecule has 0 fully saturated rings. The van der Waals surface area contributed by atoms with Crippen LogP contribution in [0.15, 0.2) is 24.7 Å². The standard InChI is InChI=1S/C15H25N5/c1-4-15(5-2)20-8-7-14(18-20)12-19-11-13(10-17-19)9-16-6-3/h7-8,10-11,15-16H,4-6,9,12H2,1-3H3. The number of hydrogen-bond donors (Lipinski definition) is 1. The molecule has 0 atom stereocenters.